The Kier molecular flexibility index (Phi) is 7.39. The summed E-state index contributed by atoms with van der Waals surface area (Å²) in [6, 6.07) is 6.75. The normalized spacial score (nSPS) is 24.2. The first-order valence-corrected chi connectivity index (χ1v) is 11.9. The lowest BCUT2D eigenvalue weighted by molar-refractivity contribution is -0.178. The summed E-state index contributed by atoms with van der Waals surface area (Å²) in [5.74, 6) is 0.478. The zero-order valence-corrected chi connectivity index (χ0v) is 18.8. The van der Waals surface area contributed by atoms with Crippen LogP contribution in [0.4, 0.5) is 5.69 Å². The van der Waals surface area contributed by atoms with Gasteiger partial charge in [-0.2, -0.15) is 0 Å². The van der Waals surface area contributed by atoms with Crippen molar-refractivity contribution in [3.63, 3.8) is 0 Å². The van der Waals surface area contributed by atoms with Crippen molar-refractivity contribution in [3.05, 3.63) is 29.3 Å². The van der Waals surface area contributed by atoms with Gasteiger partial charge in [-0.15, -0.1) is 0 Å². The van der Waals surface area contributed by atoms with E-state index in [1.807, 2.05) is 27.7 Å². The number of hydrogen-bond acceptors (Lipinski definition) is 3. The summed E-state index contributed by atoms with van der Waals surface area (Å²) in [5.41, 5.74) is 3.43. The fourth-order valence-electron chi connectivity index (χ4n) is 5.53. The minimum atomic E-state index is -0.298. The topological polar surface area (TPSA) is 47.6 Å². The van der Waals surface area contributed by atoms with Crippen LogP contribution in [0.15, 0.2) is 18.2 Å². The number of nitrogens with one attached hydrogen (secondary N) is 1. The lowest BCUT2D eigenvalue weighted by Gasteiger charge is -2.35. The van der Waals surface area contributed by atoms with Gasteiger partial charge in [0.1, 0.15) is 0 Å². The molecule has 4 aliphatic rings. The third-order valence-electron chi connectivity index (χ3n) is 6.98. The van der Waals surface area contributed by atoms with E-state index in [2.05, 4.69) is 23.5 Å². The molecule has 2 spiro atoms. The van der Waals surface area contributed by atoms with Crippen LogP contribution in [-0.2, 0) is 19.7 Å². The average Bonchev–Trinajstić information content (AvgIpc) is 3.35. The standard InChI is InChI=1S/C21H27NO3.2C2H6/c23-19-20(8-2-1-3-9-20)17-5-4-16(14-18(17)22-19)15-6-10-21(11-7-15)24-12-13-25-21;2*1-2/h4-5,14-15H,1-3,6-13H2,(H,22,23);2*1-2H3. The Morgan fingerprint density at radius 3 is 2.14 bits per heavy atom. The van der Waals surface area contributed by atoms with Gasteiger partial charge in [-0.1, -0.05) is 59.1 Å². The SMILES string of the molecule is CC.CC.O=C1Nc2cc(C3CCC4(CC3)OCCO4)ccc2C12CCCCC2. The molecule has 0 aromatic heterocycles. The molecular formula is C25H39NO3. The summed E-state index contributed by atoms with van der Waals surface area (Å²) in [4.78, 5) is 12.7. The molecule has 1 N–H and O–H groups in total. The molecule has 5 rings (SSSR count). The van der Waals surface area contributed by atoms with E-state index in [1.54, 1.807) is 0 Å². The quantitative estimate of drug-likeness (QED) is 0.601. The molecule has 4 nitrogen and oxygen atoms in total. The Bertz CT molecular complexity index is 677. The van der Waals surface area contributed by atoms with Crippen LogP contribution in [0.5, 0.6) is 0 Å². The third kappa shape index (κ3) is 4.11. The third-order valence-corrected chi connectivity index (χ3v) is 6.98. The number of benzene rings is 1. The van der Waals surface area contributed by atoms with Gasteiger partial charge in [-0.05, 0) is 48.8 Å². The Morgan fingerprint density at radius 1 is 0.897 bits per heavy atom. The number of carbonyl (C=O) groups is 1. The molecular weight excluding hydrogens is 362 g/mol. The zero-order chi connectivity index (χ0) is 20.9. The molecule has 0 atom stereocenters. The number of fused-ring (bicyclic) bond motifs is 2. The van der Waals surface area contributed by atoms with E-state index in [-0.39, 0.29) is 17.1 Å². The molecule has 2 aliphatic carbocycles. The summed E-state index contributed by atoms with van der Waals surface area (Å²) in [7, 11) is 0. The largest absolute Gasteiger partial charge is 0.348 e. The molecule has 29 heavy (non-hydrogen) atoms. The molecule has 2 saturated carbocycles. The predicted octanol–water partition coefficient (Wildman–Crippen LogP) is 6.29. The van der Waals surface area contributed by atoms with E-state index in [0.717, 1.165) is 57.4 Å². The van der Waals surface area contributed by atoms with E-state index in [0.29, 0.717) is 5.92 Å². The molecule has 0 unspecified atom stereocenters. The minimum Gasteiger partial charge on any atom is -0.348 e. The number of hydrogen-bond donors (Lipinski definition) is 1. The van der Waals surface area contributed by atoms with Crippen molar-refractivity contribution in [1.29, 1.82) is 0 Å². The Hall–Kier alpha value is -1.39. The molecule has 0 radical (unpaired) electrons. The maximum Gasteiger partial charge on any atom is 0.235 e. The summed E-state index contributed by atoms with van der Waals surface area (Å²) in [5, 5.41) is 3.20. The average molecular weight is 402 g/mol. The van der Waals surface area contributed by atoms with Crippen LogP contribution in [0.2, 0.25) is 0 Å². The summed E-state index contributed by atoms with van der Waals surface area (Å²) in [6.07, 6.45) is 9.75. The van der Waals surface area contributed by atoms with Crippen LogP contribution in [0.3, 0.4) is 0 Å². The number of anilines is 1. The molecule has 1 amide bonds. The number of rotatable bonds is 1. The van der Waals surface area contributed by atoms with Crippen molar-refractivity contribution in [2.24, 2.45) is 0 Å². The van der Waals surface area contributed by atoms with Crippen molar-refractivity contribution in [2.75, 3.05) is 18.5 Å². The van der Waals surface area contributed by atoms with Crippen molar-refractivity contribution < 1.29 is 14.3 Å². The monoisotopic (exact) mass is 401 g/mol. The summed E-state index contributed by atoms with van der Waals surface area (Å²) in [6.45, 7) is 9.47. The Labute approximate surface area is 176 Å². The van der Waals surface area contributed by atoms with Crippen LogP contribution in [0.1, 0.15) is 103 Å². The van der Waals surface area contributed by atoms with E-state index in [1.165, 1.54) is 30.4 Å². The number of ether oxygens (including phenoxy) is 2. The van der Waals surface area contributed by atoms with Crippen LogP contribution in [0, 0.1) is 0 Å². The Morgan fingerprint density at radius 2 is 1.52 bits per heavy atom. The molecule has 0 bridgehead atoms. The van der Waals surface area contributed by atoms with Gasteiger partial charge in [0.2, 0.25) is 5.91 Å². The van der Waals surface area contributed by atoms with Crippen molar-refractivity contribution in [3.8, 4) is 0 Å². The highest BCUT2D eigenvalue weighted by molar-refractivity contribution is 6.06. The molecule has 4 heteroatoms. The van der Waals surface area contributed by atoms with E-state index in [4.69, 9.17) is 9.47 Å². The first kappa shape index (κ1) is 22.3. The fraction of sp³-hybridized carbons (Fsp3) is 0.720. The Balaban J connectivity index is 0.000000568. The van der Waals surface area contributed by atoms with Gasteiger partial charge in [-0.25, -0.2) is 0 Å². The molecule has 1 saturated heterocycles. The predicted molar refractivity (Wildman–Crippen MR) is 118 cm³/mol. The summed E-state index contributed by atoms with van der Waals surface area (Å²) >= 11 is 0. The second kappa shape index (κ2) is 9.61. The van der Waals surface area contributed by atoms with Gasteiger partial charge in [0.05, 0.1) is 18.6 Å². The summed E-state index contributed by atoms with van der Waals surface area (Å²) < 4.78 is 11.7. The van der Waals surface area contributed by atoms with Gasteiger partial charge in [0, 0.05) is 18.5 Å². The number of carbonyl (C=O) groups excluding carboxylic acids is 1. The van der Waals surface area contributed by atoms with Gasteiger partial charge >= 0.3 is 0 Å². The molecule has 1 aromatic carbocycles. The lowest BCUT2D eigenvalue weighted by atomic mass is 9.70. The highest BCUT2D eigenvalue weighted by Crippen LogP contribution is 2.49. The van der Waals surface area contributed by atoms with Gasteiger partial charge in [-0.3, -0.25) is 4.79 Å². The first-order valence-electron chi connectivity index (χ1n) is 11.9. The lowest BCUT2D eigenvalue weighted by Crippen LogP contribution is -2.36. The highest BCUT2D eigenvalue weighted by atomic mass is 16.7. The molecule has 2 heterocycles. The smallest absolute Gasteiger partial charge is 0.235 e. The molecule has 2 aliphatic heterocycles. The second-order valence-electron chi connectivity index (χ2n) is 8.28. The van der Waals surface area contributed by atoms with E-state index in [9.17, 15) is 4.79 Å². The van der Waals surface area contributed by atoms with Crippen LogP contribution >= 0.6 is 0 Å². The van der Waals surface area contributed by atoms with Gasteiger partial charge in [0.15, 0.2) is 5.79 Å². The molecule has 3 fully saturated rings. The van der Waals surface area contributed by atoms with E-state index >= 15 is 0 Å². The minimum absolute atomic E-state index is 0.231. The van der Waals surface area contributed by atoms with Gasteiger partial charge < -0.3 is 14.8 Å². The molecule has 1 aromatic rings. The van der Waals surface area contributed by atoms with E-state index < -0.39 is 0 Å². The van der Waals surface area contributed by atoms with Crippen molar-refractivity contribution >= 4 is 11.6 Å². The van der Waals surface area contributed by atoms with Crippen LogP contribution in [0.25, 0.3) is 0 Å². The van der Waals surface area contributed by atoms with Crippen LogP contribution < -0.4 is 5.32 Å². The molecule has 162 valence electrons. The second-order valence-corrected chi connectivity index (χ2v) is 8.28. The van der Waals surface area contributed by atoms with Crippen molar-refractivity contribution in [2.45, 2.75) is 103 Å². The van der Waals surface area contributed by atoms with Crippen LogP contribution in [-0.4, -0.2) is 24.9 Å². The van der Waals surface area contributed by atoms with Gasteiger partial charge in [0.25, 0.3) is 0 Å². The fourth-order valence-corrected chi connectivity index (χ4v) is 5.53. The highest BCUT2D eigenvalue weighted by Gasteiger charge is 2.47. The first-order chi connectivity index (χ1) is 14.2. The maximum atomic E-state index is 12.7. The maximum absolute atomic E-state index is 12.7. The zero-order valence-electron chi connectivity index (χ0n) is 18.8. The van der Waals surface area contributed by atoms with Crippen molar-refractivity contribution in [1.82, 2.24) is 0 Å². The number of amides is 1.